The number of ether oxygens (including phenoxy) is 1. The molecule has 0 bridgehead atoms. The van der Waals surface area contributed by atoms with Crippen molar-refractivity contribution in [2.45, 2.75) is 32.4 Å². The molecule has 1 aromatic carbocycles. The van der Waals surface area contributed by atoms with Crippen LogP contribution in [0.4, 0.5) is 5.69 Å². The lowest BCUT2D eigenvalue weighted by atomic mass is 10.1. The molecule has 1 aromatic heterocycles. The first-order valence-electron chi connectivity index (χ1n) is 7.48. The van der Waals surface area contributed by atoms with Gasteiger partial charge in [0, 0.05) is 16.1 Å². The van der Waals surface area contributed by atoms with Gasteiger partial charge in [0.25, 0.3) is 0 Å². The highest BCUT2D eigenvalue weighted by Gasteiger charge is 2.32. The summed E-state index contributed by atoms with van der Waals surface area (Å²) in [5, 5.41) is 15.3. The summed E-state index contributed by atoms with van der Waals surface area (Å²) in [7, 11) is 0. The molecule has 3 nitrogen and oxygen atoms in total. The number of anilines is 1. The molecule has 2 N–H and O–H groups in total. The molecule has 1 saturated carbocycles. The molecule has 1 unspecified atom stereocenters. The predicted octanol–water partition coefficient (Wildman–Crippen LogP) is 4.20. The fourth-order valence-corrected chi connectivity index (χ4v) is 3.46. The first-order chi connectivity index (χ1) is 10.3. The fourth-order valence-electron chi connectivity index (χ4n) is 2.59. The molecule has 1 aliphatic rings. The van der Waals surface area contributed by atoms with Gasteiger partial charge in [0.1, 0.15) is 5.75 Å². The molecule has 1 fully saturated rings. The highest BCUT2D eigenvalue weighted by Crippen LogP contribution is 2.44. The van der Waals surface area contributed by atoms with E-state index in [-0.39, 0.29) is 6.61 Å². The van der Waals surface area contributed by atoms with E-state index >= 15 is 0 Å². The Morgan fingerprint density at radius 1 is 1.38 bits per heavy atom. The lowest BCUT2D eigenvalue weighted by Crippen LogP contribution is -2.11. The topological polar surface area (TPSA) is 41.5 Å². The van der Waals surface area contributed by atoms with Crippen molar-refractivity contribution in [2.24, 2.45) is 5.92 Å². The molecule has 21 heavy (non-hydrogen) atoms. The Morgan fingerprint density at radius 2 is 2.24 bits per heavy atom. The van der Waals surface area contributed by atoms with E-state index in [1.54, 1.807) is 11.3 Å². The highest BCUT2D eigenvalue weighted by atomic mass is 32.1. The second kappa shape index (κ2) is 6.50. The number of aliphatic hydroxyl groups is 1. The summed E-state index contributed by atoms with van der Waals surface area (Å²) in [6, 6.07) is 10.7. The zero-order valence-electron chi connectivity index (χ0n) is 12.2. The van der Waals surface area contributed by atoms with Crippen LogP contribution in [-0.4, -0.2) is 11.7 Å². The Labute approximate surface area is 129 Å². The highest BCUT2D eigenvalue weighted by molar-refractivity contribution is 7.10. The van der Waals surface area contributed by atoms with Crippen LogP contribution in [0.2, 0.25) is 0 Å². The van der Waals surface area contributed by atoms with Gasteiger partial charge in [0.2, 0.25) is 0 Å². The SMILES string of the molecule is CCOc1ccc(NC(c2cccs2)C2CC2)cc1CO. The van der Waals surface area contributed by atoms with E-state index in [4.69, 9.17) is 4.74 Å². The summed E-state index contributed by atoms with van der Waals surface area (Å²) in [5.74, 6) is 1.50. The van der Waals surface area contributed by atoms with Gasteiger partial charge >= 0.3 is 0 Å². The van der Waals surface area contributed by atoms with E-state index in [0.717, 1.165) is 22.9 Å². The summed E-state index contributed by atoms with van der Waals surface area (Å²) in [5.41, 5.74) is 1.88. The summed E-state index contributed by atoms with van der Waals surface area (Å²) in [4.78, 5) is 1.39. The Kier molecular flexibility index (Phi) is 4.46. The number of rotatable bonds is 7. The molecule has 0 spiro atoms. The maximum atomic E-state index is 9.50. The van der Waals surface area contributed by atoms with Gasteiger partial charge in [-0.15, -0.1) is 11.3 Å². The molecule has 1 aliphatic carbocycles. The third-order valence-corrected chi connectivity index (χ3v) is 4.75. The largest absolute Gasteiger partial charge is 0.494 e. The van der Waals surface area contributed by atoms with Crippen LogP contribution in [-0.2, 0) is 6.61 Å². The number of benzene rings is 1. The van der Waals surface area contributed by atoms with Crippen LogP contribution >= 0.6 is 11.3 Å². The average molecular weight is 303 g/mol. The summed E-state index contributed by atoms with van der Waals surface area (Å²) in [6.07, 6.45) is 2.58. The minimum absolute atomic E-state index is 0.00203. The van der Waals surface area contributed by atoms with Crippen LogP contribution in [0.25, 0.3) is 0 Å². The first-order valence-corrected chi connectivity index (χ1v) is 8.36. The maximum Gasteiger partial charge on any atom is 0.124 e. The van der Waals surface area contributed by atoms with Crippen LogP contribution in [0.3, 0.4) is 0 Å². The van der Waals surface area contributed by atoms with Crippen LogP contribution in [0.1, 0.15) is 36.2 Å². The predicted molar refractivity (Wildman–Crippen MR) is 86.9 cm³/mol. The van der Waals surface area contributed by atoms with E-state index < -0.39 is 0 Å². The van der Waals surface area contributed by atoms with Crippen molar-refractivity contribution < 1.29 is 9.84 Å². The Morgan fingerprint density at radius 3 is 2.86 bits per heavy atom. The van der Waals surface area contributed by atoms with Crippen molar-refractivity contribution in [2.75, 3.05) is 11.9 Å². The van der Waals surface area contributed by atoms with E-state index in [1.165, 1.54) is 17.7 Å². The van der Waals surface area contributed by atoms with Crippen molar-refractivity contribution in [3.8, 4) is 5.75 Å². The summed E-state index contributed by atoms with van der Waals surface area (Å²) in [6.45, 7) is 2.56. The van der Waals surface area contributed by atoms with Crippen molar-refractivity contribution >= 4 is 17.0 Å². The molecular formula is C17H21NO2S. The second-order valence-corrected chi connectivity index (χ2v) is 6.37. The molecule has 4 heteroatoms. The number of thiophene rings is 1. The maximum absolute atomic E-state index is 9.50. The Hall–Kier alpha value is -1.52. The number of hydrogen-bond donors (Lipinski definition) is 2. The third kappa shape index (κ3) is 3.39. The van der Waals surface area contributed by atoms with E-state index in [2.05, 4.69) is 22.8 Å². The molecule has 112 valence electrons. The van der Waals surface area contributed by atoms with Gasteiger partial charge in [-0.1, -0.05) is 6.07 Å². The normalized spacial score (nSPS) is 15.7. The molecule has 0 saturated heterocycles. The zero-order valence-corrected chi connectivity index (χ0v) is 13.0. The molecule has 2 aromatic rings. The van der Waals surface area contributed by atoms with Gasteiger partial charge < -0.3 is 15.2 Å². The van der Waals surface area contributed by atoms with E-state index in [1.807, 2.05) is 25.1 Å². The Balaban J connectivity index is 1.79. The van der Waals surface area contributed by atoms with E-state index in [9.17, 15) is 5.11 Å². The quantitative estimate of drug-likeness (QED) is 0.805. The third-order valence-electron chi connectivity index (χ3n) is 3.80. The molecular weight excluding hydrogens is 282 g/mol. The average Bonchev–Trinajstić information content (AvgIpc) is 3.20. The molecule has 0 radical (unpaired) electrons. The second-order valence-electron chi connectivity index (χ2n) is 5.39. The molecule has 0 amide bonds. The van der Waals surface area contributed by atoms with Gasteiger partial charge in [-0.2, -0.15) is 0 Å². The lowest BCUT2D eigenvalue weighted by molar-refractivity contribution is 0.267. The van der Waals surface area contributed by atoms with E-state index in [0.29, 0.717) is 12.6 Å². The molecule has 1 atom stereocenters. The van der Waals surface area contributed by atoms with Crippen LogP contribution in [0.15, 0.2) is 35.7 Å². The zero-order chi connectivity index (χ0) is 14.7. The van der Waals surface area contributed by atoms with Gasteiger partial charge in [-0.25, -0.2) is 0 Å². The smallest absolute Gasteiger partial charge is 0.124 e. The van der Waals surface area contributed by atoms with Gasteiger partial charge in [0.15, 0.2) is 0 Å². The van der Waals surface area contributed by atoms with Gasteiger partial charge in [-0.05, 0) is 55.3 Å². The van der Waals surface area contributed by atoms with Crippen LogP contribution in [0, 0.1) is 5.92 Å². The van der Waals surface area contributed by atoms with Crippen molar-refractivity contribution in [3.05, 3.63) is 46.2 Å². The molecule has 3 rings (SSSR count). The fraction of sp³-hybridized carbons (Fsp3) is 0.412. The number of hydrogen-bond acceptors (Lipinski definition) is 4. The van der Waals surface area contributed by atoms with Crippen LogP contribution < -0.4 is 10.1 Å². The number of aliphatic hydroxyl groups excluding tert-OH is 1. The lowest BCUT2D eigenvalue weighted by Gasteiger charge is -2.19. The number of nitrogens with one attached hydrogen (secondary N) is 1. The summed E-state index contributed by atoms with van der Waals surface area (Å²) < 4.78 is 5.53. The summed E-state index contributed by atoms with van der Waals surface area (Å²) >= 11 is 1.80. The van der Waals surface area contributed by atoms with Gasteiger partial charge in [0.05, 0.1) is 19.3 Å². The minimum Gasteiger partial charge on any atom is -0.494 e. The first kappa shape index (κ1) is 14.4. The van der Waals surface area contributed by atoms with Crippen LogP contribution in [0.5, 0.6) is 5.75 Å². The van der Waals surface area contributed by atoms with Crippen molar-refractivity contribution in [1.82, 2.24) is 0 Å². The monoisotopic (exact) mass is 303 g/mol. The minimum atomic E-state index is -0.00203. The van der Waals surface area contributed by atoms with Crippen molar-refractivity contribution in [1.29, 1.82) is 0 Å². The van der Waals surface area contributed by atoms with Crippen molar-refractivity contribution in [3.63, 3.8) is 0 Å². The standard InChI is InChI=1S/C17H21NO2S/c1-2-20-15-8-7-14(10-13(15)11-19)18-17(12-5-6-12)16-4-3-9-21-16/h3-4,7-10,12,17-19H,2,5-6,11H2,1H3. The molecule has 1 heterocycles. The van der Waals surface area contributed by atoms with Gasteiger partial charge in [-0.3, -0.25) is 0 Å². The molecule has 0 aliphatic heterocycles. The Bertz CT molecular complexity index is 578.